The van der Waals surface area contributed by atoms with Crippen LogP contribution in [0.15, 0.2) is 30.6 Å². The average Bonchev–Trinajstić information content (AvgIpc) is 3.65. The fraction of sp³-hybridized carbons (Fsp3) is 0.519. The van der Waals surface area contributed by atoms with Gasteiger partial charge in [-0.1, -0.05) is 11.6 Å². The number of nitrogens with one attached hydrogen (secondary N) is 5. The molecule has 0 unspecified atom stereocenters. The summed E-state index contributed by atoms with van der Waals surface area (Å²) in [6.45, 7) is 1.40. The van der Waals surface area contributed by atoms with Gasteiger partial charge >= 0.3 is 6.03 Å². The van der Waals surface area contributed by atoms with Crippen LogP contribution < -0.4 is 26.6 Å². The van der Waals surface area contributed by atoms with Gasteiger partial charge in [-0.3, -0.25) is 4.79 Å². The second-order valence-electron chi connectivity index (χ2n) is 10.8. The van der Waals surface area contributed by atoms with Crippen molar-refractivity contribution in [1.82, 2.24) is 30.2 Å². The van der Waals surface area contributed by atoms with Crippen molar-refractivity contribution in [1.29, 1.82) is 0 Å². The van der Waals surface area contributed by atoms with Gasteiger partial charge in [0.05, 0.1) is 11.9 Å². The van der Waals surface area contributed by atoms with Gasteiger partial charge in [0.25, 0.3) is 5.91 Å². The Kier molecular flexibility index (Phi) is 7.87. The van der Waals surface area contributed by atoms with Crippen LogP contribution in [0, 0.1) is 0 Å². The van der Waals surface area contributed by atoms with Gasteiger partial charge in [0.2, 0.25) is 0 Å². The topological polar surface area (TPSA) is 147 Å². The van der Waals surface area contributed by atoms with E-state index in [1.165, 1.54) is 12.4 Å². The molecule has 3 aromatic heterocycles. The zero-order chi connectivity index (χ0) is 27.5. The molecule has 2 aliphatic carbocycles. The minimum absolute atomic E-state index is 0.0915. The molecule has 4 heterocycles. The molecule has 13 heteroatoms. The van der Waals surface area contributed by atoms with Gasteiger partial charge in [-0.05, 0) is 63.5 Å². The Morgan fingerprint density at radius 2 is 1.55 bits per heavy atom. The van der Waals surface area contributed by atoms with Crippen molar-refractivity contribution in [2.24, 2.45) is 0 Å². The number of rotatable bonds is 8. The average molecular weight is 568 g/mol. The predicted molar refractivity (Wildman–Crippen MR) is 152 cm³/mol. The molecule has 3 amide bonds. The van der Waals surface area contributed by atoms with E-state index in [1.54, 1.807) is 16.6 Å². The SMILES string of the molecule is O=C(NC1CCOCC1)N[C@H]1CC[C@H](Nc2cc(NC3CC3)c3ncc(C(=O)Nc4ccnc(Cl)c4)n3n2)CC1. The number of hydrogen-bond acceptors (Lipinski definition) is 8. The Bertz CT molecular complexity index is 1360. The molecule has 0 radical (unpaired) electrons. The number of aromatic nitrogens is 4. The maximum Gasteiger partial charge on any atom is 0.315 e. The van der Waals surface area contributed by atoms with Crippen molar-refractivity contribution in [3.8, 4) is 0 Å². The molecular formula is C27H34ClN9O3. The van der Waals surface area contributed by atoms with E-state index < -0.39 is 0 Å². The van der Waals surface area contributed by atoms with Gasteiger partial charge in [0, 0.05) is 55.3 Å². The molecule has 0 bridgehead atoms. The van der Waals surface area contributed by atoms with Crippen molar-refractivity contribution < 1.29 is 14.3 Å². The molecule has 0 atom stereocenters. The summed E-state index contributed by atoms with van der Waals surface area (Å²) >= 11 is 5.97. The molecule has 3 fully saturated rings. The number of hydrogen-bond donors (Lipinski definition) is 5. The van der Waals surface area contributed by atoms with Crippen LogP contribution in [0.3, 0.4) is 0 Å². The number of pyridine rings is 1. The maximum atomic E-state index is 13.1. The van der Waals surface area contributed by atoms with Crippen molar-refractivity contribution in [2.75, 3.05) is 29.2 Å². The van der Waals surface area contributed by atoms with Crippen LogP contribution in [0.4, 0.5) is 22.0 Å². The highest BCUT2D eigenvalue weighted by molar-refractivity contribution is 6.29. The number of ether oxygens (including phenoxy) is 1. The third kappa shape index (κ3) is 6.56. The number of halogens is 1. The van der Waals surface area contributed by atoms with E-state index in [-0.39, 0.29) is 30.1 Å². The Hall–Kier alpha value is -3.64. The van der Waals surface area contributed by atoms with Gasteiger partial charge < -0.3 is 31.3 Å². The van der Waals surface area contributed by atoms with Gasteiger partial charge in [-0.25, -0.2) is 19.3 Å². The van der Waals surface area contributed by atoms with Crippen LogP contribution in [-0.2, 0) is 4.74 Å². The number of imidazole rings is 1. The fourth-order valence-electron chi connectivity index (χ4n) is 5.27. The normalized spacial score (nSPS) is 21.5. The third-order valence-electron chi connectivity index (χ3n) is 7.59. The molecule has 5 N–H and O–H groups in total. The molecule has 2 saturated carbocycles. The molecule has 0 spiro atoms. The van der Waals surface area contributed by atoms with Crippen LogP contribution in [0.25, 0.3) is 5.65 Å². The lowest BCUT2D eigenvalue weighted by Crippen LogP contribution is -2.49. The second-order valence-corrected chi connectivity index (χ2v) is 11.1. The van der Waals surface area contributed by atoms with Crippen molar-refractivity contribution >= 4 is 46.4 Å². The van der Waals surface area contributed by atoms with Gasteiger partial charge in [0.1, 0.15) is 11.0 Å². The molecule has 3 aliphatic rings. The minimum Gasteiger partial charge on any atom is -0.381 e. The van der Waals surface area contributed by atoms with E-state index >= 15 is 0 Å². The number of carbonyl (C=O) groups is 2. The summed E-state index contributed by atoms with van der Waals surface area (Å²) in [5.41, 5.74) is 2.29. The van der Waals surface area contributed by atoms with Crippen LogP contribution in [0.5, 0.6) is 0 Å². The highest BCUT2D eigenvalue weighted by Gasteiger charge is 2.27. The summed E-state index contributed by atoms with van der Waals surface area (Å²) in [7, 11) is 0. The molecule has 1 aliphatic heterocycles. The molecule has 40 heavy (non-hydrogen) atoms. The zero-order valence-corrected chi connectivity index (χ0v) is 22.9. The summed E-state index contributed by atoms with van der Waals surface area (Å²) in [5, 5.41) is 21.2. The number of carbonyl (C=O) groups excluding carboxylic acids is 2. The van der Waals surface area contributed by atoms with Crippen molar-refractivity contribution in [3.05, 3.63) is 41.4 Å². The molecule has 0 aromatic carbocycles. The molecule has 3 aromatic rings. The Morgan fingerprint density at radius 1 is 0.875 bits per heavy atom. The number of amides is 3. The Labute approximate surface area is 237 Å². The zero-order valence-electron chi connectivity index (χ0n) is 22.2. The lowest BCUT2D eigenvalue weighted by atomic mass is 9.91. The van der Waals surface area contributed by atoms with Crippen LogP contribution >= 0.6 is 11.6 Å². The molecule has 12 nitrogen and oxygen atoms in total. The lowest BCUT2D eigenvalue weighted by Gasteiger charge is -2.31. The Morgan fingerprint density at radius 3 is 2.27 bits per heavy atom. The minimum atomic E-state index is -0.345. The largest absolute Gasteiger partial charge is 0.381 e. The first-order valence-electron chi connectivity index (χ1n) is 14.0. The predicted octanol–water partition coefficient (Wildman–Crippen LogP) is 3.81. The summed E-state index contributed by atoms with van der Waals surface area (Å²) in [6, 6.07) is 6.07. The summed E-state index contributed by atoms with van der Waals surface area (Å²) in [5.74, 6) is 0.325. The van der Waals surface area contributed by atoms with Crippen LogP contribution in [0.1, 0.15) is 61.9 Å². The van der Waals surface area contributed by atoms with Crippen molar-refractivity contribution in [3.63, 3.8) is 0 Å². The molecular weight excluding hydrogens is 534 g/mol. The van der Waals surface area contributed by atoms with Crippen molar-refractivity contribution in [2.45, 2.75) is 75.5 Å². The highest BCUT2D eigenvalue weighted by Crippen LogP contribution is 2.30. The Balaban J connectivity index is 1.11. The van der Waals surface area contributed by atoms with Gasteiger partial charge in [-0.2, -0.15) is 0 Å². The van der Waals surface area contributed by atoms with E-state index in [9.17, 15) is 9.59 Å². The second kappa shape index (κ2) is 11.8. The van der Waals surface area contributed by atoms with E-state index in [0.717, 1.165) is 57.1 Å². The summed E-state index contributed by atoms with van der Waals surface area (Å²) in [6.07, 6.45) is 10.5. The first-order valence-corrected chi connectivity index (χ1v) is 14.4. The van der Waals surface area contributed by atoms with E-state index in [1.807, 2.05) is 6.07 Å². The monoisotopic (exact) mass is 567 g/mol. The third-order valence-corrected chi connectivity index (χ3v) is 7.80. The number of anilines is 3. The maximum absolute atomic E-state index is 13.1. The van der Waals surface area contributed by atoms with E-state index in [0.29, 0.717) is 47.3 Å². The first-order chi connectivity index (χ1) is 19.5. The van der Waals surface area contributed by atoms with Crippen LogP contribution in [-0.4, -0.2) is 68.9 Å². The number of urea groups is 1. The van der Waals surface area contributed by atoms with Crippen LogP contribution in [0.2, 0.25) is 5.15 Å². The molecule has 1 saturated heterocycles. The fourth-order valence-corrected chi connectivity index (χ4v) is 5.44. The smallest absolute Gasteiger partial charge is 0.315 e. The first kappa shape index (κ1) is 26.6. The number of nitrogens with zero attached hydrogens (tertiary/aromatic N) is 4. The lowest BCUT2D eigenvalue weighted by molar-refractivity contribution is 0.0798. The summed E-state index contributed by atoms with van der Waals surface area (Å²) < 4.78 is 6.95. The summed E-state index contributed by atoms with van der Waals surface area (Å²) in [4.78, 5) is 34.0. The molecule has 6 rings (SSSR count). The van der Waals surface area contributed by atoms with E-state index in [4.69, 9.17) is 21.4 Å². The standard InChI is InChI=1S/C27H34ClN9O3/c28-23-13-20(7-10-29-23)33-26(38)22-15-30-25-21(31-16-1-2-16)14-24(36-37(22)25)32-17-3-5-18(6-4-17)34-27(39)35-19-8-11-40-12-9-19/h7,10,13-19,31H,1-6,8-9,11-12H2,(H,32,36)(H,29,33,38)(H2,34,35,39)/t17-,18-. The molecule has 212 valence electrons. The highest BCUT2D eigenvalue weighted by atomic mass is 35.5. The number of fused-ring (bicyclic) bond motifs is 1. The van der Waals surface area contributed by atoms with Gasteiger partial charge in [0.15, 0.2) is 11.3 Å². The van der Waals surface area contributed by atoms with E-state index in [2.05, 4.69) is 36.6 Å². The van der Waals surface area contributed by atoms with Gasteiger partial charge in [-0.15, -0.1) is 5.10 Å². The quantitative estimate of drug-likeness (QED) is 0.258.